The van der Waals surface area contributed by atoms with Crippen LogP contribution in [0.3, 0.4) is 0 Å². The molecule has 106 valence electrons. The Hall–Kier alpha value is -1.59. The number of benzene rings is 1. The van der Waals surface area contributed by atoms with Crippen LogP contribution in [0.4, 0.5) is 0 Å². The Morgan fingerprint density at radius 2 is 2.16 bits per heavy atom. The van der Waals surface area contributed by atoms with Crippen molar-refractivity contribution in [3.8, 4) is 5.75 Å². The monoisotopic (exact) mass is 265 g/mol. The molecule has 5 nitrogen and oxygen atoms in total. The van der Waals surface area contributed by atoms with E-state index in [0.717, 1.165) is 24.3 Å². The van der Waals surface area contributed by atoms with Crippen LogP contribution in [0.25, 0.3) is 0 Å². The Balaban J connectivity index is 2.25. The van der Waals surface area contributed by atoms with E-state index in [2.05, 4.69) is 5.32 Å². The smallest absolute Gasteiger partial charge is 0.233 e. The van der Waals surface area contributed by atoms with Gasteiger partial charge in [-0.15, -0.1) is 0 Å². The van der Waals surface area contributed by atoms with E-state index in [4.69, 9.17) is 10.5 Å². The van der Waals surface area contributed by atoms with Crippen molar-refractivity contribution in [2.75, 3.05) is 33.8 Å². The molecule has 0 saturated carbocycles. The first-order valence-corrected chi connectivity index (χ1v) is 6.47. The minimum Gasteiger partial charge on any atom is -0.493 e. The van der Waals surface area contributed by atoms with Gasteiger partial charge in [0, 0.05) is 25.7 Å². The normalized spacial score (nSPS) is 10.5. The highest BCUT2D eigenvalue weighted by atomic mass is 16.5. The third-order valence-electron chi connectivity index (χ3n) is 2.83. The number of para-hydroxylation sites is 1. The van der Waals surface area contributed by atoms with Crippen LogP contribution >= 0.6 is 0 Å². The molecule has 0 aromatic heterocycles. The van der Waals surface area contributed by atoms with Crippen molar-refractivity contribution in [1.82, 2.24) is 10.2 Å². The number of nitrogens with zero attached hydrogens (tertiary/aromatic N) is 1. The summed E-state index contributed by atoms with van der Waals surface area (Å²) in [6.07, 6.45) is 0.867. The Bertz CT molecular complexity index is 396. The fourth-order valence-corrected chi connectivity index (χ4v) is 1.73. The molecule has 5 heteroatoms. The number of amides is 1. The Morgan fingerprint density at radius 1 is 1.42 bits per heavy atom. The topological polar surface area (TPSA) is 67.6 Å². The quantitative estimate of drug-likeness (QED) is 0.675. The third kappa shape index (κ3) is 5.72. The third-order valence-corrected chi connectivity index (χ3v) is 2.83. The molecule has 0 aliphatic carbocycles. The number of likely N-dealkylation sites (N-methyl/N-ethyl adjacent to an activating group) is 2. The van der Waals surface area contributed by atoms with Crippen LogP contribution < -0.4 is 15.8 Å². The maximum atomic E-state index is 11.2. The molecule has 0 heterocycles. The number of carbonyl (C=O) groups excluding carboxylic acids is 1. The molecular formula is C14H23N3O2. The first kappa shape index (κ1) is 15.5. The van der Waals surface area contributed by atoms with Gasteiger partial charge in [-0.2, -0.15) is 0 Å². The SMILES string of the molecule is CNC(=O)CN(C)CCCOc1ccccc1CN. The molecule has 1 amide bonds. The number of carbonyl (C=O) groups is 1. The zero-order valence-electron chi connectivity index (χ0n) is 11.7. The number of ether oxygens (including phenoxy) is 1. The van der Waals surface area contributed by atoms with Crippen LogP contribution in [0.15, 0.2) is 24.3 Å². The van der Waals surface area contributed by atoms with Crippen molar-refractivity contribution in [2.24, 2.45) is 5.73 Å². The molecule has 0 bridgehead atoms. The van der Waals surface area contributed by atoms with Gasteiger partial charge in [-0.05, 0) is 19.5 Å². The van der Waals surface area contributed by atoms with E-state index < -0.39 is 0 Å². The molecule has 0 radical (unpaired) electrons. The molecule has 0 atom stereocenters. The van der Waals surface area contributed by atoms with E-state index in [1.54, 1.807) is 7.05 Å². The number of nitrogens with two attached hydrogens (primary N) is 1. The zero-order chi connectivity index (χ0) is 14.1. The van der Waals surface area contributed by atoms with Crippen molar-refractivity contribution >= 4 is 5.91 Å². The van der Waals surface area contributed by atoms with Gasteiger partial charge in [0.1, 0.15) is 5.75 Å². The molecule has 0 aliphatic rings. The second-order valence-corrected chi connectivity index (χ2v) is 4.42. The second-order valence-electron chi connectivity index (χ2n) is 4.42. The van der Waals surface area contributed by atoms with E-state index in [1.165, 1.54) is 0 Å². The summed E-state index contributed by atoms with van der Waals surface area (Å²) >= 11 is 0. The summed E-state index contributed by atoms with van der Waals surface area (Å²) in [5.41, 5.74) is 6.66. The van der Waals surface area contributed by atoms with Gasteiger partial charge in [-0.3, -0.25) is 9.69 Å². The second kappa shape index (κ2) is 8.50. The van der Waals surface area contributed by atoms with Gasteiger partial charge in [0.15, 0.2) is 0 Å². The fourth-order valence-electron chi connectivity index (χ4n) is 1.73. The summed E-state index contributed by atoms with van der Waals surface area (Å²) in [5.74, 6) is 0.871. The molecule has 0 saturated heterocycles. The van der Waals surface area contributed by atoms with Crippen molar-refractivity contribution in [1.29, 1.82) is 0 Å². The summed E-state index contributed by atoms with van der Waals surface area (Å²) in [5, 5.41) is 2.60. The molecule has 1 aromatic carbocycles. The van der Waals surface area contributed by atoms with Crippen molar-refractivity contribution in [3.05, 3.63) is 29.8 Å². The molecule has 1 aromatic rings. The maximum Gasteiger partial charge on any atom is 0.233 e. The van der Waals surface area contributed by atoms with Crippen molar-refractivity contribution in [3.63, 3.8) is 0 Å². The van der Waals surface area contributed by atoms with Crippen LogP contribution in [0.1, 0.15) is 12.0 Å². The van der Waals surface area contributed by atoms with Crippen LogP contribution in [0.2, 0.25) is 0 Å². The van der Waals surface area contributed by atoms with Gasteiger partial charge in [0.2, 0.25) is 5.91 Å². The van der Waals surface area contributed by atoms with Crippen LogP contribution in [-0.2, 0) is 11.3 Å². The van der Waals surface area contributed by atoms with Crippen LogP contribution in [0, 0.1) is 0 Å². The van der Waals surface area contributed by atoms with Gasteiger partial charge in [0.25, 0.3) is 0 Å². The van der Waals surface area contributed by atoms with Crippen molar-refractivity contribution in [2.45, 2.75) is 13.0 Å². The fraction of sp³-hybridized carbons (Fsp3) is 0.500. The van der Waals surface area contributed by atoms with Gasteiger partial charge in [0.05, 0.1) is 13.2 Å². The lowest BCUT2D eigenvalue weighted by Crippen LogP contribution is -2.33. The highest BCUT2D eigenvalue weighted by molar-refractivity contribution is 5.77. The summed E-state index contributed by atoms with van der Waals surface area (Å²) in [7, 11) is 3.56. The lowest BCUT2D eigenvalue weighted by Gasteiger charge is -2.16. The highest BCUT2D eigenvalue weighted by Crippen LogP contribution is 2.17. The van der Waals surface area contributed by atoms with E-state index in [1.807, 2.05) is 36.2 Å². The minimum atomic E-state index is 0.0249. The molecular weight excluding hydrogens is 242 g/mol. The number of hydrogen-bond acceptors (Lipinski definition) is 4. The summed E-state index contributed by atoms with van der Waals surface area (Å²) in [6.45, 7) is 2.33. The van der Waals surface area contributed by atoms with Gasteiger partial charge in [-0.1, -0.05) is 18.2 Å². The summed E-state index contributed by atoms with van der Waals surface area (Å²) < 4.78 is 5.70. The van der Waals surface area contributed by atoms with Crippen molar-refractivity contribution < 1.29 is 9.53 Å². The van der Waals surface area contributed by atoms with E-state index in [-0.39, 0.29) is 5.91 Å². The standard InChI is InChI=1S/C14H23N3O2/c1-16-14(18)11-17(2)8-5-9-19-13-7-4-3-6-12(13)10-15/h3-4,6-7H,5,8-11,15H2,1-2H3,(H,16,18). The predicted octanol–water partition coefficient (Wildman–Crippen LogP) is 0.592. The lowest BCUT2D eigenvalue weighted by molar-refractivity contribution is -0.121. The lowest BCUT2D eigenvalue weighted by atomic mass is 10.2. The first-order valence-electron chi connectivity index (χ1n) is 6.47. The zero-order valence-corrected chi connectivity index (χ0v) is 11.7. The molecule has 0 spiro atoms. The average Bonchev–Trinajstić information content (AvgIpc) is 2.43. The molecule has 1 rings (SSSR count). The van der Waals surface area contributed by atoms with E-state index in [9.17, 15) is 4.79 Å². The highest BCUT2D eigenvalue weighted by Gasteiger charge is 2.05. The molecule has 0 unspecified atom stereocenters. The predicted molar refractivity (Wildman–Crippen MR) is 76.0 cm³/mol. The van der Waals surface area contributed by atoms with Crippen LogP contribution in [0.5, 0.6) is 5.75 Å². The van der Waals surface area contributed by atoms with Crippen LogP contribution in [-0.4, -0.2) is 44.6 Å². The van der Waals surface area contributed by atoms with E-state index in [0.29, 0.717) is 19.7 Å². The Morgan fingerprint density at radius 3 is 2.84 bits per heavy atom. The number of nitrogens with one attached hydrogen (secondary N) is 1. The average molecular weight is 265 g/mol. The molecule has 0 aliphatic heterocycles. The van der Waals surface area contributed by atoms with Gasteiger partial charge in [-0.25, -0.2) is 0 Å². The molecule has 0 fully saturated rings. The first-order chi connectivity index (χ1) is 9.17. The molecule has 3 N–H and O–H groups in total. The number of hydrogen-bond donors (Lipinski definition) is 2. The molecule has 19 heavy (non-hydrogen) atoms. The summed E-state index contributed by atoms with van der Waals surface area (Å²) in [6, 6.07) is 7.78. The maximum absolute atomic E-state index is 11.2. The summed E-state index contributed by atoms with van der Waals surface area (Å²) in [4.78, 5) is 13.1. The Labute approximate surface area is 114 Å². The van der Waals surface area contributed by atoms with E-state index >= 15 is 0 Å². The Kier molecular flexibility index (Phi) is 6.92. The minimum absolute atomic E-state index is 0.0249. The van der Waals surface area contributed by atoms with Gasteiger partial charge < -0.3 is 15.8 Å². The van der Waals surface area contributed by atoms with Gasteiger partial charge >= 0.3 is 0 Å². The largest absolute Gasteiger partial charge is 0.493 e. The number of rotatable bonds is 8.